The normalized spacial score (nSPS) is 27.2. The number of hydrogen-bond acceptors (Lipinski definition) is 5. The quantitative estimate of drug-likeness (QED) is 0.627. The van der Waals surface area contributed by atoms with E-state index < -0.39 is 13.0 Å². The summed E-state index contributed by atoms with van der Waals surface area (Å²) < 4.78 is 0. The maximum atomic E-state index is 12.7. The molecule has 2 fully saturated rings. The van der Waals surface area contributed by atoms with Crippen molar-refractivity contribution >= 4 is 13.0 Å². The third kappa shape index (κ3) is 3.62. The van der Waals surface area contributed by atoms with Gasteiger partial charge in [0.2, 0.25) is 5.91 Å². The van der Waals surface area contributed by atoms with Gasteiger partial charge >= 0.3 is 7.05 Å². The van der Waals surface area contributed by atoms with Gasteiger partial charge in [0.1, 0.15) is 0 Å². The molecule has 2 heterocycles. The first kappa shape index (κ1) is 16.1. The van der Waals surface area contributed by atoms with Gasteiger partial charge in [-0.2, -0.15) is 4.91 Å². The van der Waals surface area contributed by atoms with Crippen LogP contribution >= 0.6 is 0 Å². The van der Waals surface area contributed by atoms with Crippen LogP contribution in [0.4, 0.5) is 0 Å². The lowest BCUT2D eigenvalue weighted by molar-refractivity contribution is -0.132. The van der Waals surface area contributed by atoms with Crippen LogP contribution in [0, 0.1) is 10.8 Å². The van der Waals surface area contributed by atoms with Crippen LogP contribution in [0.1, 0.15) is 24.8 Å². The van der Waals surface area contributed by atoms with Crippen LogP contribution in [0.3, 0.4) is 0 Å². The van der Waals surface area contributed by atoms with Gasteiger partial charge in [0, 0.05) is 6.54 Å². The summed E-state index contributed by atoms with van der Waals surface area (Å²) in [4.78, 5) is 24.9. The number of amides is 1. The Bertz CT molecular complexity index is 557. The van der Waals surface area contributed by atoms with Crippen LogP contribution in [0.15, 0.2) is 35.4 Å². The molecule has 0 spiro atoms. The molecule has 0 bridgehead atoms. The Kier molecular flexibility index (Phi) is 5.08. The van der Waals surface area contributed by atoms with Gasteiger partial charge < -0.3 is 15.2 Å². The lowest BCUT2D eigenvalue weighted by atomic mass is 9.73. The number of nitroso groups, excluding NO2 is 1. The third-order valence-electron chi connectivity index (χ3n) is 4.92. The predicted octanol–water partition coefficient (Wildman–Crippen LogP) is 0.984. The van der Waals surface area contributed by atoms with Crippen LogP contribution in [0.2, 0.25) is 0 Å². The second-order valence-corrected chi connectivity index (χ2v) is 6.51. The van der Waals surface area contributed by atoms with Crippen molar-refractivity contribution in [2.75, 3.05) is 13.1 Å². The minimum atomic E-state index is -1.32. The smallest absolute Gasteiger partial charge is 0.428 e. The molecule has 0 radical (unpaired) electrons. The zero-order chi connectivity index (χ0) is 16.2. The highest BCUT2D eigenvalue weighted by Gasteiger charge is 2.42. The van der Waals surface area contributed by atoms with Crippen molar-refractivity contribution in [3.8, 4) is 0 Å². The molecule has 3 atom stereocenters. The first-order valence-corrected chi connectivity index (χ1v) is 8.27. The molecular formula is C16H22BN3O3. The molecule has 2 aliphatic rings. The average Bonchev–Trinajstić information content (AvgIpc) is 3.24. The Hall–Kier alpha value is -1.73. The van der Waals surface area contributed by atoms with Crippen LogP contribution in [0.5, 0.6) is 0 Å². The fraction of sp³-hybridized carbons (Fsp3) is 0.562. The zero-order valence-electron chi connectivity index (χ0n) is 13.1. The highest BCUT2D eigenvalue weighted by molar-refractivity contribution is 6.50. The van der Waals surface area contributed by atoms with Gasteiger partial charge in [0.15, 0.2) is 0 Å². The summed E-state index contributed by atoms with van der Waals surface area (Å²) in [6, 6.07) is 10.1. The topological polar surface area (TPSA) is 82.0 Å². The first-order valence-electron chi connectivity index (χ1n) is 8.27. The van der Waals surface area contributed by atoms with Crippen molar-refractivity contribution in [3.05, 3.63) is 40.8 Å². The van der Waals surface area contributed by atoms with Crippen molar-refractivity contribution < 1.29 is 9.82 Å². The van der Waals surface area contributed by atoms with E-state index in [4.69, 9.17) is 0 Å². The molecule has 1 amide bonds. The van der Waals surface area contributed by atoms with Gasteiger partial charge in [0.25, 0.3) is 0 Å². The van der Waals surface area contributed by atoms with Crippen molar-refractivity contribution in [2.45, 2.75) is 37.7 Å². The Morgan fingerprint density at radius 1 is 1.39 bits per heavy atom. The Labute approximate surface area is 136 Å². The molecule has 1 unspecified atom stereocenters. The van der Waals surface area contributed by atoms with E-state index in [9.17, 15) is 14.7 Å². The van der Waals surface area contributed by atoms with Gasteiger partial charge in [-0.3, -0.25) is 4.79 Å². The fourth-order valence-electron chi connectivity index (χ4n) is 3.75. The third-order valence-corrected chi connectivity index (χ3v) is 4.92. The van der Waals surface area contributed by atoms with E-state index in [0.29, 0.717) is 18.9 Å². The predicted molar refractivity (Wildman–Crippen MR) is 88.5 cm³/mol. The molecule has 1 aromatic carbocycles. The average molecular weight is 315 g/mol. The summed E-state index contributed by atoms with van der Waals surface area (Å²) in [6.45, 7) is 1.41. The van der Waals surface area contributed by atoms with E-state index in [1.165, 1.54) is 5.56 Å². The van der Waals surface area contributed by atoms with Crippen LogP contribution in [0.25, 0.3) is 0 Å². The summed E-state index contributed by atoms with van der Waals surface area (Å²) in [5, 5.41) is 15.7. The number of nitrogens with zero attached hydrogens (tertiary/aromatic N) is 2. The number of benzene rings is 1. The second-order valence-electron chi connectivity index (χ2n) is 6.51. The van der Waals surface area contributed by atoms with E-state index in [2.05, 4.69) is 22.5 Å². The van der Waals surface area contributed by atoms with Gasteiger partial charge in [-0.05, 0) is 43.7 Å². The Balaban J connectivity index is 1.58. The molecule has 0 saturated carbocycles. The van der Waals surface area contributed by atoms with Gasteiger partial charge in [-0.25, -0.2) is 0 Å². The number of rotatable bonds is 5. The molecule has 1 aromatic rings. The first-order chi connectivity index (χ1) is 11.2. The van der Waals surface area contributed by atoms with E-state index in [0.717, 1.165) is 25.8 Å². The van der Waals surface area contributed by atoms with Gasteiger partial charge in [-0.1, -0.05) is 35.4 Å². The number of nitrogens with one attached hydrogen (secondary N) is 1. The molecule has 6 nitrogen and oxygen atoms in total. The number of hydrogen-bond donors (Lipinski definition) is 2. The summed E-state index contributed by atoms with van der Waals surface area (Å²) in [5.41, 5.74) is 1.28. The minimum absolute atomic E-state index is 0.00855. The lowest BCUT2D eigenvalue weighted by Gasteiger charge is -2.26. The van der Waals surface area contributed by atoms with E-state index in [-0.39, 0.29) is 11.9 Å². The standard InChI is InChI=1S/C16H22BN3O3/c21-16(20-8-4-7-15(20)17(22)19-23)14-10-13(11-18-14)9-12-5-2-1-3-6-12/h1-3,5-6,13-15,18,22H,4,7-11H2/t13-,14?,15+/m1/s1. The molecule has 0 aromatic heterocycles. The maximum Gasteiger partial charge on any atom is 0.506 e. The Morgan fingerprint density at radius 3 is 2.91 bits per heavy atom. The molecule has 2 N–H and O–H groups in total. The van der Waals surface area contributed by atoms with Gasteiger partial charge in [-0.15, -0.1) is 0 Å². The lowest BCUT2D eigenvalue weighted by Crippen LogP contribution is -2.50. The molecule has 3 rings (SSSR count). The van der Waals surface area contributed by atoms with Crippen molar-refractivity contribution in [3.63, 3.8) is 0 Å². The molecular weight excluding hydrogens is 293 g/mol. The molecule has 2 saturated heterocycles. The fourth-order valence-corrected chi connectivity index (χ4v) is 3.75. The summed E-state index contributed by atoms with van der Waals surface area (Å²) in [7, 11) is -1.32. The van der Waals surface area contributed by atoms with E-state index in [1.807, 2.05) is 18.2 Å². The SMILES string of the molecule is O=NB(O)[C@@H]1CCCN1C(=O)C1C[C@@H](Cc2ccccc2)CN1. The van der Waals surface area contributed by atoms with Crippen molar-refractivity contribution in [1.29, 1.82) is 0 Å². The minimum Gasteiger partial charge on any atom is -0.428 e. The molecule has 0 aliphatic carbocycles. The number of carbonyl (C=O) groups is 1. The monoisotopic (exact) mass is 315 g/mol. The van der Waals surface area contributed by atoms with Crippen molar-refractivity contribution in [2.24, 2.45) is 11.0 Å². The largest absolute Gasteiger partial charge is 0.506 e. The molecule has 2 aliphatic heterocycles. The highest BCUT2D eigenvalue weighted by atomic mass is 16.3. The van der Waals surface area contributed by atoms with E-state index >= 15 is 0 Å². The van der Waals surface area contributed by atoms with Crippen LogP contribution in [-0.4, -0.2) is 48.0 Å². The maximum absolute atomic E-state index is 12.7. The van der Waals surface area contributed by atoms with Gasteiger partial charge in [0.05, 0.1) is 12.0 Å². The molecule has 122 valence electrons. The summed E-state index contributed by atoms with van der Waals surface area (Å²) in [6.07, 6.45) is 3.20. The van der Waals surface area contributed by atoms with Crippen LogP contribution in [-0.2, 0) is 11.2 Å². The number of carbonyl (C=O) groups excluding carboxylic acids is 1. The molecule has 23 heavy (non-hydrogen) atoms. The zero-order valence-corrected chi connectivity index (χ0v) is 13.1. The van der Waals surface area contributed by atoms with E-state index in [1.54, 1.807) is 4.90 Å². The van der Waals surface area contributed by atoms with Crippen molar-refractivity contribution in [1.82, 2.24) is 10.2 Å². The number of likely N-dealkylation sites (tertiary alicyclic amines) is 1. The Morgan fingerprint density at radius 2 is 2.17 bits per heavy atom. The summed E-state index contributed by atoms with van der Waals surface area (Å²) in [5.74, 6) is -0.0396. The summed E-state index contributed by atoms with van der Waals surface area (Å²) >= 11 is 0. The highest BCUT2D eigenvalue weighted by Crippen LogP contribution is 2.25. The second kappa shape index (κ2) is 7.23. The molecule has 7 heteroatoms. The van der Waals surface area contributed by atoms with Crippen LogP contribution < -0.4 is 5.32 Å².